The summed E-state index contributed by atoms with van der Waals surface area (Å²) in [5, 5.41) is 4.68. The minimum absolute atomic E-state index is 0.0322. The molecule has 1 saturated heterocycles. The standard InChI is InChI=1S/C27H28FN5O/c1-19-7-6-8-24(20(19)2)30-15-17-32(18-16-30)27(34)25-21(3)29-33(23-11-9-22(28)10-12-23)26(25)31-13-4-5-14-31/h4-14H,15-18H2,1-3H3. The zero-order valence-electron chi connectivity index (χ0n) is 19.7. The van der Waals surface area contributed by atoms with Crippen LogP contribution in [0, 0.1) is 26.6 Å². The van der Waals surface area contributed by atoms with Gasteiger partial charge in [-0.3, -0.25) is 4.79 Å². The molecular formula is C27H28FN5O. The molecule has 1 aliphatic heterocycles. The number of benzene rings is 2. The highest BCUT2D eigenvalue weighted by Gasteiger charge is 2.30. The van der Waals surface area contributed by atoms with E-state index in [1.54, 1.807) is 16.8 Å². The van der Waals surface area contributed by atoms with Crippen molar-refractivity contribution in [1.82, 2.24) is 19.2 Å². The zero-order chi connectivity index (χ0) is 23.8. The van der Waals surface area contributed by atoms with E-state index < -0.39 is 0 Å². The Kier molecular flexibility index (Phi) is 5.69. The molecule has 1 fully saturated rings. The monoisotopic (exact) mass is 457 g/mol. The molecule has 0 radical (unpaired) electrons. The zero-order valence-corrected chi connectivity index (χ0v) is 19.7. The molecule has 7 heteroatoms. The van der Waals surface area contributed by atoms with E-state index in [0.717, 1.165) is 13.1 Å². The van der Waals surface area contributed by atoms with Crippen LogP contribution in [0.15, 0.2) is 67.0 Å². The number of amides is 1. The minimum atomic E-state index is -0.312. The summed E-state index contributed by atoms with van der Waals surface area (Å²) in [7, 11) is 0. The van der Waals surface area contributed by atoms with Crippen molar-refractivity contribution in [2.24, 2.45) is 0 Å². The second-order valence-corrected chi connectivity index (χ2v) is 8.76. The molecule has 6 nitrogen and oxygen atoms in total. The summed E-state index contributed by atoms with van der Waals surface area (Å²) in [5.74, 6) is 0.319. The molecule has 0 bridgehead atoms. The SMILES string of the molecule is Cc1cccc(N2CCN(C(=O)c3c(C)nn(-c4ccc(F)cc4)c3-n3cccc3)CC2)c1C. The lowest BCUT2D eigenvalue weighted by Gasteiger charge is -2.37. The molecule has 0 saturated carbocycles. The summed E-state index contributed by atoms with van der Waals surface area (Å²) < 4.78 is 17.1. The Morgan fingerprint density at radius 1 is 0.882 bits per heavy atom. The smallest absolute Gasteiger partial charge is 0.259 e. The summed E-state index contributed by atoms with van der Waals surface area (Å²) in [6.45, 7) is 8.96. The molecule has 5 rings (SSSR count). The van der Waals surface area contributed by atoms with Gasteiger partial charge in [-0.15, -0.1) is 0 Å². The summed E-state index contributed by atoms with van der Waals surface area (Å²) in [4.78, 5) is 18.0. The van der Waals surface area contributed by atoms with Crippen LogP contribution in [-0.4, -0.2) is 51.3 Å². The maximum atomic E-state index is 13.8. The number of carbonyl (C=O) groups excluding carboxylic acids is 1. The number of aryl methyl sites for hydroxylation is 2. The van der Waals surface area contributed by atoms with Crippen LogP contribution in [0.5, 0.6) is 0 Å². The first-order chi connectivity index (χ1) is 16.4. The van der Waals surface area contributed by atoms with Crippen molar-refractivity contribution in [1.29, 1.82) is 0 Å². The lowest BCUT2D eigenvalue weighted by Crippen LogP contribution is -2.49. The Hall–Kier alpha value is -3.87. The predicted molar refractivity (Wildman–Crippen MR) is 132 cm³/mol. The van der Waals surface area contributed by atoms with Crippen molar-refractivity contribution >= 4 is 11.6 Å². The van der Waals surface area contributed by atoms with Gasteiger partial charge in [0.2, 0.25) is 0 Å². The van der Waals surface area contributed by atoms with Crippen LogP contribution < -0.4 is 4.90 Å². The third kappa shape index (κ3) is 3.87. The summed E-state index contributed by atoms with van der Waals surface area (Å²) >= 11 is 0. The largest absolute Gasteiger partial charge is 0.368 e. The van der Waals surface area contributed by atoms with Crippen LogP contribution in [0.25, 0.3) is 11.5 Å². The lowest BCUT2D eigenvalue weighted by atomic mass is 10.1. The normalized spacial score (nSPS) is 14.0. The molecule has 2 aromatic heterocycles. The third-order valence-corrected chi connectivity index (χ3v) is 6.65. The van der Waals surface area contributed by atoms with Crippen LogP contribution >= 0.6 is 0 Å². The van der Waals surface area contributed by atoms with E-state index in [0.29, 0.717) is 35.9 Å². The Morgan fingerprint density at radius 3 is 2.24 bits per heavy atom. The van der Waals surface area contributed by atoms with Crippen LogP contribution in [0.1, 0.15) is 27.2 Å². The Morgan fingerprint density at radius 2 is 1.56 bits per heavy atom. The van der Waals surface area contributed by atoms with E-state index in [9.17, 15) is 9.18 Å². The molecular weight excluding hydrogens is 429 g/mol. The van der Waals surface area contributed by atoms with Gasteiger partial charge >= 0.3 is 0 Å². The molecule has 0 spiro atoms. The number of hydrogen-bond acceptors (Lipinski definition) is 3. The van der Waals surface area contributed by atoms with Gasteiger partial charge < -0.3 is 14.4 Å². The van der Waals surface area contributed by atoms with Gasteiger partial charge in [0.1, 0.15) is 11.4 Å². The molecule has 34 heavy (non-hydrogen) atoms. The second kappa shape index (κ2) is 8.82. The molecule has 3 heterocycles. The maximum absolute atomic E-state index is 13.8. The predicted octanol–water partition coefficient (Wildman–Crippen LogP) is 4.69. The van der Waals surface area contributed by atoms with Crippen molar-refractivity contribution < 1.29 is 9.18 Å². The molecule has 0 aliphatic carbocycles. The van der Waals surface area contributed by atoms with Crippen LogP contribution in [-0.2, 0) is 0 Å². The number of rotatable bonds is 4. The highest BCUT2D eigenvalue weighted by molar-refractivity contribution is 5.99. The van der Waals surface area contributed by atoms with E-state index in [-0.39, 0.29) is 11.7 Å². The van der Waals surface area contributed by atoms with Crippen molar-refractivity contribution in [2.75, 3.05) is 31.1 Å². The van der Waals surface area contributed by atoms with Gasteiger partial charge in [-0.05, 0) is 74.4 Å². The van der Waals surface area contributed by atoms with E-state index >= 15 is 0 Å². The third-order valence-electron chi connectivity index (χ3n) is 6.65. The minimum Gasteiger partial charge on any atom is -0.368 e. The highest BCUT2D eigenvalue weighted by atomic mass is 19.1. The van der Waals surface area contributed by atoms with Gasteiger partial charge in [0.25, 0.3) is 5.91 Å². The fourth-order valence-corrected chi connectivity index (χ4v) is 4.63. The average Bonchev–Trinajstić information content (AvgIpc) is 3.49. The lowest BCUT2D eigenvalue weighted by molar-refractivity contribution is 0.0746. The van der Waals surface area contributed by atoms with Crippen LogP contribution in [0.2, 0.25) is 0 Å². The van der Waals surface area contributed by atoms with Gasteiger partial charge in [0.15, 0.2) is 5.82 Å². The number of halogens is 1. The fourth-order valence-electron chi connectivity index (χ4n) is 4.63. The maximum Gasteiger partial charge on any atom is 0.259 e. The number of carbonyl (C=O) groups is 1. The summed E-state index contributed by atoms with van der Waals surface area (Å²) in [6, 6.07) is 16.3. The van der Waals surface area contributed by atoms with E-state index in [2.05, 4.69) is 42.0 Å². The molecule has 1 aliphatic rings. The van der Waals surface area contributed by atoms with Crippen molar-refractivity contribution in [3.8, 4) is 11.5 Å². The number of piperazine rings is 1. The molecule has 1 amide bonds. The van der Waals surface area contributed by atoms with Crippen molar-refractivity contribution in [2.45, 2.75) is 20.8 Å². The Bertz CT molecular complexity index is 1320. The summed E-state index contributed by atoms with van der Waals surface area (Å²) in [6.07, 6.45) is 3.79. The van der Waals surface area contributed by atoms with Gasteiger partial charge in [0.05, 0.1) is 11.4 Å². The molecule has 2 aromatic carbocycles. The summed E-state index contributed by atoms with van der Waals surface area (Å²) in [5.41, 5.74) is 5.72. The van der Waals surface area contributed by atoms with E-state index in [4.69, 9.17) is 0 Å². The first-order valence-corrected chi connectivity index (χ1v) is 11.5. The van der Waals surface area contributed by atoms with Gasteiger partial charge in [-0.1, -0.05) is 12.1 Å². The van der Waals surface area contributed by atoms with Crippen molar-refractivity contribution in [3.05, 3.63) is 95.2 Å². The number of anilines is 1. The molecule has 0 unspecified atom stereocenters. The molecule has 0 N–H and O–H groups in total. The van der Waals surface area contributed by atoms with Gasteiger partial charge in [-0.2, -0.15) is 5.10 Å². The highest BCUT2D eigenvalue weighted by Crippen LogP contribution is 2.27. The number of aromatic nitrogens is 3. The van der Waals surface area contributed by atoms with Gasteiger partial charge in [0, 0.05) is 44.3 Å². The topological polar surface area (TPSA) is 46.3 Å². The van der Waals surface area contributed by atoms with E-state index in [1.165, 1.54) is 28.9 Å². The average molecular weight is 458 g/mol. The molecule has 4 aromatic rings. The number of hydrogen-bond donors (Lipinski definition) is 0. The number of nitrogens with zero attached hydrogens (tertiary/aromatic N) is 5. The van der Waals surface area contributed by atoms with Crippen molar-refractivity contribution in [3.63, 3.8) is 0 Å². The van der Waals surface area contributed by atoms with Crippen LogP contribution in [0.3, 0.4) is 0 Å². The molecule has 174 valence electrons. The Labute approximate surface area is 198 Å². The second-order valence-electron chi connectivity index (χ2n) is 8.76. The van der Waals surface area contributed by atoms with Crippen LogP contribution in [0.4, 0.5) is 10.1 Å². The fraction of sp³-hybridized carbons (Fsp3) is 0.259. The molecule has 0 atom stereocenters. The Balaban J connectivity index is 1.45. The van der Waals surface area contributed by atoms with Gasteiger partial charge in [-0.25, -0.2) is 9.07 Å². The van der Waals surface area contributed by atoms with E-state index in [1.807, 2.05) is 40.9 Å². The quantitative estimate of drug-likeness (QED) is 0.447. The first-order valence-electron chi connectivity index (χ1n) is 11.5. The first kappa shape index (κ1) is 21.9.